The van der Waals surface area contributed by atoms with Crippen molar-refractivity contribution in [1.82, 2.24) is 4.90 Å². The Bertz CT molecular complexity index is 310. The maximum Gasteiger partial charge on any atom is 0.0931 e. The van der Waals surface area contributed by atoms with Gasteiger partial charge in [0, 0.05) is 12.5 Å². The number of hydrogen-bond acceptors (Lipinski definition) is 2. The van der Waals surface area contributed by atoms with Crippen molar-refractivity contribution in [3.05, 3.63) is 35.9 Å². The van der Waals surface area contributed by atoms with Gasteiger partial charge in [0.25, 0.3) is 0 Å². The minimum Gasteiger partial charge on any atom is -0.385 e. The van der Waals surface area contributed by atoms with E-state index in [2.05, 4.69) is 11.8 Å². The quantitative estimate of drug-likeness (QED) is 0.825. The molecule has 0 aliphatic carbocycles. The first-order chi connectivity index (χ1) is 7.50. The first kappa shape index (κ1) is 13.2. The highest BCUT2D eigenvalue weighted by molar-refractivity contribution is 5.23. The second kappa shape index (κ2) is 5.46. The van der Waals surface area contributed by atoms with Crippen LogP contribution < -0.4 is 0 Å². The Hall–Kier alpha value is -0.860. The van der Waals surface area contributed by atoms with Gasteiger partial charge in [0.2, 0.25) is 0 Å². The fourth-order valence-corrected chi connectivity index (χ4v) is 2.26. The molecule has 0 fully saturated rings. The zero-order valence-electron chi connectivity index (χ0n) is 10.8. The number of nitrogens with zero attached hydrogens (tertiary/aromatic N) is 1. The molecule has 0 saturated heterocycles. The Kier molecular flexibility index (Phi) is 4.51. The van der Waals surface area contributed by atoms with E-state index in [0.717, 1.165) is 18.5 Å². The predicted molar refractivity (Wildman–Crippen MR) is 68.3 cm³/mol. The predicted octanol–water partition coefficient (Wildman–Crippen LogP) is 2.48. The van der Waals surface area contributed by atoms with Crippen molar-refractivity contribution in [1.29, 1.82) is 0 Å². The van der Waals surface area contributed by atoms with Gasteiger partial charge in [0.05, 0.1) is 5.60 Å². The van der Waals surface area contributed by atoms with E-state index in [-0.39, 0.29) is 5.92 Å². The highest BCUT2D eigenvalue weighted by Crippen LogP contribution is 2.33. The van der Waals surface area contributed by atoms with Gasteiger partial charge in [0.15, 0.2) is 0 Å². The van der Waals surface area contributed by atoms with Crippen molar-refractivity contribution >= 4 is 0 Å². The highest BCUT2D eigenvalue weighted by atomic mass is 16.3. The van der Waals surface area contributed by atoms with Crippen molar-refractivity contribution < 1.29 is 5.11 Å². The fraction of sp³-hybridized carbons (Fsp3) is 0.571. The number of aliphatic hydroxyl groups is 1. The maximum absolute atomic E-state index is 10.8. The molecule has 1 aromatic carbocycles. The summed E-state index contributed by atoms with van der Waals surface area (Å²) < 4.78 is 0. The van der Waals surface area contributed by atoms with E-state index in [1.165, 1.54) is 0 Å². The standard InChI is InChI=1S/C14H23NO/c1-5-14(16,12(2)11-15(3)4)13-9-7-6-8-10-13/h6-10,12,16H,5,11H2,1-4H3. The van der Waals surface area contributed by atoms with Gasteiger partial charge in [-0.3, -0.25) is 0 Å². The van der Waals surface area contributed by atoms with Crippen LogP contribution in [0.2, 0.25) is 0 Å². The molecule has 0 radical (unpaired) electrons. The van der Waals surface area contributed by atoms with E-state index in [4.69, 9.17) is 0 Å². The van der Waals surface area contributed by atoms with Crippen LogP contribution in [0.3, 0.4) is 0 Å². The van der Waals surface area contributed by atoms with Crippen molar-refractivity contribution in [3.63, 3.8) is 0 Å². The van der Waals surface area contributed by atoms with Crippen LogP contribution in [0.5, 0.6) is 0 Å². The first-order valence-electron chi connectivity index (χ1n) is 5.93. The molecule has 0 heterocycles. The molecular weight excluding hydrogens is 198 g/mol. The summed E-state index contributed by atoms with van der Waals surface area (Å²) in [6.45, 7) is 5.04. The number of hydrogen-bond donors (Lipinski definition) is 1. The Morgan fingerprint density at radius 2 is 1.81 bits per heavy atom. The van der Waals surface area contributed by atoms with Crippen LogP contribution in [-0.4, -0.2) is 30.6 Å². The Balaban J connectivity index is 2.93. The van der Waals surface area contributed by atoms with E-state index in [9.17, 15) is 5.11 Å². The third-order valence-electron chi connectivity index (χ3n) is 3.27. The van der Waals surface area contributed by atoms with Crippen molar-refractivity contribution in [2.75, 3.05) is 20.6 Å². The third kappa shape index (κ3) is 2.83. The molecule has 0 spiro atoms. The molecule has 1 rings (SSSR count). The summed E-state index contributed by atoms with van der Waals surface area (Å²) in [7, 11) is 4.08. The molecule has 0 amide bonds. The van der Waals surface area contributed by atoms with Crippen LogP contribution in [0.1, 0.15) is 25.8 Å². The second-order valence-corrected chi connectivity index (χ2v) is 4.81. The van der Waals surface area contributed by atoms with Gasteiger partial charge in [-0.15, -0.1) is 0 Å². The van der Waals surface area contributed by atoms with Crippen molar-refractivity contribution in [2.45, 2.75) is 25.9 Å². The van der Waals surface area contributed by atoms with Crippen LogP contribution in [0.15, 0.2) is 30.3 Å². The molecule has 90 valence electrons. The summed E-state index contributed by atoms with van der Waals surface area (Å²) in [5, 5.41) is 10.8. The van der Waals surface area contributed by atoms with E-state index < -0.39 is 5.60 Å². The van der Waals surface area contributed by atoms with Gasteiger partial charge in [-0.05, 0) is 26.1 Å². The molecule has 0 bridgehead atoms. The van der Waals surface area contributed by atoms with Gasteiger partial charge < -0.3 is 10.0 Å². The van der Waals surface area contributed by atoms with Gasteiger partial charge in [-0.25, -0.2) is 0 Å². The van der Waals surface area contributed by atoms with Crippen LogP contribution in [0, 0.1) is 5.92 Å². The number of rotatable bonds is 5. The van der Waals surface area contributed by atoms with E-state index in [0.29, 0.717) is 0 Å². The van der Waals surface area contributed by atoms with Crippen molar-refractivity contribution in [2.24, 2.45) is 5.92 Å². The second-order valence-electron chi connectivity index (χ2n) is 4.81. The summed E-state index contributed by atoms with van der Waals surface area (Å²) in [6, 6.07) is 9.97. The van der Waals surface area contributed by atoms with Crippen molar-refractivity contribution in [3.8, 4) is 0 Å². The van der Waals surface area contributed by atoms with E-state index >= 15 is 0 Å². The topological polar surface area (TPSA) is 23.5 Å². The zero-order chi connectivity index (χ0) is 12.2. The number of benzene rings is 1. The first-order valence-corrected chi connectivity index (χ1v) is 5.93. The van der Waals surface area contributed by atoms with E-state index in [1.807, 2.05) is 51.4 Å². The minimum atomic E-state index is -0.717. The van der Waals surface area contributed by atoms with Gasteiger partial charge in [-0.1, -0.05) is 44.2 Å². The molecule has 0 aliphatic heterocycles. The van der Waals surface area contributed by atoms with Gasteiger partial charge >= 0.3 is 0 Å². The SMILES string of the molecule is CCC(O)(c1ccccc1)C(C)CN(C)C. The monoisotopic (exact) mass is 221 g/mol. The Morgan fingerprint density at radius 1 is 1.25 bits per heavy atom. The van der Waals surface area contributed by atoms with E-state index in [1.54, 1.807) is 0 Å². The van der Waals surface area contributed by atoms with Crippen LogP contribution in [-0.2, 0) is 5.60 Å². The normalized spacial score (nSPS) is 17.1. The lowest BCUT2D eigenvalue weighted by Crippen LogP contribution is -2.38. The lowest BCUT2D eigenvalue weighted by Gasteiger charge is -2.35. The summed E-state index contributed by atoms with van der Waals surface area (Å²) in [4.78, 5) is 2.12. The molecule has 1 N–H and O–H groups in total. The minimum absolute atomic E-state index is 0.217. The molecule has 0 aromatic heterocycles. The molecule has 2 atom stereocenters. The zero-order valence-corrected chi connectivity index (χ0v) is 10.8. The van der Waals surface area contributed by atoms with Gasteiger partial charge in [-0.2, -0.15) is 0 Å². The molecule has 2 nitrogen and oxygen atoms in total. The summed E-state index contributed by atoms with van der Waals surface area (Å²) in [6.07, 6.45) is 0.742. The molecule has 0 aliphatic rings. The molecule has 1 aromatic rings. The summed E-state index contributed by atoms with van der Waals surface area (Å²) in [5.41, 5.74) is 0.303. The summed E-state index contributed by atoms with van der Waals surface area (Å²) >= 11 is 0. The molecule has 2 heteroatoms. The Morgan fingerprint density at radius 3 is 2.25 bits per heavy atom. The lowest BCUT2D eigenvalue weighted by atomic mass is 9.80. The fourth-order valence-electron chi connectivity index (χ4n) is 2.26. The highest BCUT2D eigenvalue weighted by Gasteiger charge is 2.33. The summed E-state index contributed by atoms with van der Waals surface area (Å²) in [5.74, 6) is 0.217. The average molecular weight is 221 g/mol. The smallest absolute Gasteiger partial charge is 0.0931 e. The average Bonchev–Trinajstić information content (AvgIpc) is 2.28. The van der Waals surface area contributed by atoms with Gasteiger partial charge in [0.1, 0.15) is 0 Å². The van der Waals surface area contributed by atoms with Crippen LogP contribution >= 0.6 is 0 Å². The molecule has 16 heavy (non-hydrogen) atoms. The molecule has 0 saturated carbocycles. The largest absolute Gasteiger partial charge is 0.385 e. The maximum atomic E-state index is 10.8. The molecule has 2 unspecified atom stereocenters. The molecular formula is C14H23NO. The van der Waals surface area contributed by atoms with Crippen LogP contribution in [0.25, 0.3) is 0 Å². The Labute approximate surface area is 98.9 Å². The third-order valence-corrected chi connectivity index (χ3v) is 3.27. The van der Waals surface area contributed by atoms with Crippen LogP contribution in [0.4, 0.5) is 0 Å². The lowest BCUT2D eigenvalue weighted by molar-refractivity contribution is -0.0291.